The molecule has 4 nitrogen and oxygen atoms in total. The number of hydrogen-bond donors (Lipinski definition) is 1. The van der Waals surface area contributed by atoms with Gasteiger partial charge in [0.15, 0.2) is 0 Å². The Bertz CT molecular complexity index is 418. The van der Waals surface area contributed by atoms with E-state index in [-0.39, 0.29) is 0 Å². The van der Waals surface area contributed by atoms with Crippen molar-refractivity contribution in [1.82, 2.24) is 20.0 Å². The normalized spacial score (nSPS) is 22.4. The molecule has 1 aromatic heterocycles. The summed E-state index contributed by atoms with van der Waals surface area (Å²) >= 11 is 0. The van der Waals surface area contributed by atoms with E-state index in [2.05, 4.69) is 41.6 Å². The number of hydrogen-bond acceptors (Lipinski definition) is 3. The maximum absolute atomic E-state index is 4.44. The van der Waals surface area contributed by atoms with Crippen LogP contribution in [0.1, 0.15) is 51.1 Å². The summed E-state index contributed by atoms with van der Waals surface area (Å²) in [6, 6.07) is 1.34. The fourth-order valence-electron chi connectivity index (χ4n) is 3.35. The van der Waals surface area contributed by atoms with Crippen LogP contribution in [0.15, 0.2) is 12.4 Å². The minimum atomic E-state index is 0.512. The Morgan fingerprint density at radius 1 is 1.35 bits per heavy atom. The number of aryl methyl sites for hydroxylation is 1. The molecule has 1 atom stereocenters. The van der Waals surface area contributed by atoms with Crippen molar-refractivity contribution in [3.8, 4) is 0 Å². The highest BCUT2D eigenvalue weighted by molar-refractivity contribution is 5.11. The molecule has 20 heavy (non-hydrogen) atoms. The molecule has 0 spiro atoms. The molecule has 1 aliphatic carbocycles. The highest BCUT2D eigenvalue weighted by Gasteiger charge is 2.34. The zero-order valence-electron chi connectivity index (χ0n) is 12.9. The molecule has 112 valence electrons. The Kier molecular flexibility index (Phi) is 4.41. The molecule has 1 N–H and O–H groups in total. The predicted octanol–water partition coefficient (Wildman–Crippen LogP) is 2.43. The molecule has 0 bridgehead atoms. The van der Waals surface area contributed by atoms with Crippen LogP contribution in [0.2, 0.25) is 0 Å². The minimum Gasteiger partial charge on any atom is -0.317 e. The average Bonchev–Trinajstić information content (AvgIpc) is 3.21. The second kappa shape index (κ2) is 6.27. The van der Waals surface area contributed by atoms with Gasteiger partial charge in [-0.1, -0.05) is 0 Å². The van der Waals surface area contributed by atoms with Gasteiger partial charge in [0.05, 0.1) is 6.20 Å². The van der Waals surface area contributed by atoms with Gasteiger partial charge >= 0.3 is 0 Å². The molecule has 4 heteroatoms. The second-order valence-electron chi connectivity index (χ2n) is 6.43. The van der Waals surface area contributed by atoms with Crippen LogP contribution < -0.4 is 5.32 Å². The van der Waals surface area contributed by atoms with E-state index in [0.29, 0.717) is 6.04 Å². The first-order chi connectivity index (χ1) is 9.78. The lowest BCUT2D eigenvalue weighted by Crippen LogP contribution is -2.38. The monoisotopic (exact) mass is 276 g/mol. The Hall–Kier alpha value is -0.870. The first-order valence-corrected chi connectivity index (χ1v) is 8.26. The number of nitrogens with zero attached hydrogens (tertiary/aromatic N) is 3. The van der Waals surface area contributed by atoms with Gasteiger partial charge in [0.1, 0.15) is 0 Å². The summed E-state index contributed by atoms with van der Waals surface area (Å²) in [5, 5.41) is 7.92. The smallest absolute Gasteiger partial charge is 0.0537 e. The van der Waals surface area contributed by atoms with Crippen LogP contribution >= 0.6 is 0 Å². The highest BCUT2D eigenvalue weighted by atomic mass is 15.3. The Balaban J connectivity index is 1.65. The van der Waals surface area contributed by atoms with Crippen LogP contribution in [0.3, 0.4) is 0 Å². The summed E-state index contributed by atoms with van der Waals surface area (Å²) < 4.78 is 2.04. The lowest BCUT2D eigenvalue weighted by Gasteiger charge is -2.34. The van der Waals surface area contributed by atoms with E-state index in [1.807, 2.05) is 4.68 Å². The van der Waals surface area contributed by atoms with Crippen LogP contribution in [0.5, 0.6) is 0 Å². The zero-order valence-corrected chi connectivity index (χ0v) is 12.9. The van der Waals surface area contributed by atoms with Crippen molar-refractivity contribution >= 4 is 0 Å². The molecular weight excluding hydrogens is 248 g/mol. The summed E-state index contributed by atoms with van der Waals surface area (Å²) in [7, 11) is 0. The number of rotatable bonds is 6. The Morgan fingerprint density at radius 3 is 2.70 bits per heavy atom. The standard InChI is InChI=1S/C16H28N4/c1-3-19-12-15(10-18-19)13(2)20(16-4-5-16)11-14-6-8-17-9-7-14/h10,12-14,16-17H,3-9,11H2,1-2H3. The van der Waals surface area contributed by atoms with Gasteiger partial charge in [-0.05, 0) is 58.5 Å². The quantitative estimate of drug-likeness (QED) is 0.866. The summed E-state index contributed by atoms with van der Waals surface area (Å²) in [6.45, 7) is 9.14. The van der Waals surface area contributed by atoms with E-state index in [9.17, 15) is 0 Å². The maximum atomic E-state index is 4.44. The van der Waals surface area contributed by atoms with Gasteiger partial charge in [-0.25, -0.2) is 0 Å². The molecule has 1 saturated heterocycles. The molecule has 0 amide bonds. The number of nitrogens with one attached hydrogen (secondary N) is 1. The fraction of sp³-hybridized carbons (Fsp3) is 0.812. The van der Waals surface area contributed by atoms with Gasteiger partial charge < -0.3 is 5.32 Å². The fourth-order valence-corrected chi connectivity index (χ4v) is 3.35. The molecule has 0 aromatic carbocycles. The van der Waals surface area contributed by atoms with Crippen LogP contribution in [-0.2, 0) is 6.54 Å². The third-order valence-corrected chi connectivity index (χ3v) is 4.90. The summed E-state index contributed by atoms with van der Waals surface area (Å²) in [5.41, 5.74) is 1.38. The topological polar surface area (TPSA) is 33.1 Å². The van der Waals surface area contributed by atoms with Crippen LogP contribution in [0.25, 0.3) is 0 Å². The third kappa shape index (κ3) is 3.23. The van der Waals surface area contributed by atoms with Crippen molar-refractivity contribution in [1.29, 1.82) is 0 Å². The van der Waals surface area contributed by atoms with Crippen molar-refractivity contribution in [3.05, 3.63) is 18.0 Å². The summed E-state index contributed by atoms with van der Waals surface area (Å²) in [4.78, 5) is 2.74. The van der Waals surface area contributed by atoms with Crippen LogP contribution in [0, 0.1) is 5.92 Å². The SMILES string of the molecule is CCn1cc(C(C)N(CC2CCNCC2)C2CC2)cn1. The zero-order chi connectivity index (χ0) is 13.9. The van der Waals surface area contributed by atoms with Gasteiger partial charge in [0.2, 0.25) is 0 Å². The molecule has 0 radical (unpaired) electrons. The van der Waals surface area contributed by atoms with Crippen molar-refractivity contribution < 1.29 is 0 Å². The van der Waals surface area contributed by atoms with Crippen molar-refractivity contribution in [2.24, 2.45) is 5.92 Å². The van der Waals surface area contributed by atoms with E-state index in [1.54, 1.807) is 0 Å². The molecular formula is C16H28N4. The van der Waals surface area contributed by atoms with Gasteiger partial charge in [0.25, 0.3) is 0 Å². The second-order valence-corrected chi connectivity index (χ2v) is 6.43. The summed E-state index contributed by atoms with van der Waals surface area (Å²) in [5.74, 6) is 0.875. The molecule has 1 aliphatic heterocycles. The maximum Gasteiger partial charge on any atom is 0.0537 e. The molecule has 1 unspecified atom stereocenters. The first kappa shape index (κ1) is 14.1. The largest absolute Gasteiger partial charge is 0.317 e. The Morgan fingerprint density at radius 2 is 2.10 bits per heavy atom. The predicted molar refractivity (Wildman–Crippen MR) is 81.6 cm³/mol. The third-order valence-electron chi connectivity index (χ3n) is 4.90. The van der Waals surface area contributed by atoms with Crippen molar-refractivity contribution in [2.45, 2.75) is 58.2 Å². The van der Waals surface area contributed by atoms with Gasteiger partial charge in [0, 0.05) is 36.9 Å². The molecule has 1 saturated carbocycles. The van der Waals surface area contributed by atoms with Gasteiger partial charge in [-0.3, -0.25) is 9.58 Å². The van der Waals surface area contributed by atoms with E-state index >= 15 is 0 Å². The van der Waals surface area contributed by atoms with Gasteiger partial charge in [-0.2, -0.15) is 5.10 Å². The first-order valence-electron chi connectivity index (χ1n) is 8.26. The summed E-state index contributed by atoms with van der Waals surface area (Å²) in [6.07, 6.45) is 9.73. The minimum absolute atomic E-state index is 0.512. The molecule has 2 aliphatic rings. The lowest BCUT2D eigenvalue weighted by molar-refractivity contribution is 0.152. The molecule has 2 fully saturated rings. The van der Waals surface area contributed by atoms with Crippen molar-refractivity contribution in [3.63, 3.8) is 0 Å². The molecule has 2 heterocycles. The lowest BCUT2D eigenvalue weighted by atomic mass is 9.96. The van der Waals surface area contributed by atoms with E-state index in [4.69, 9.17) is 0 Å². The van der Waals surface area contributed by atoms with Crippen LogP contribution in [-0.4, -0.2) is 40.4 Å². The van der Waals surface area contributed by atoms with E-state index < -0.39 is 0 Å². The number of piperidine rings is 1. The van der Waals surface area contributed by atoms with E-state index in [0.717, 1.165) is 18.5 Å². The number of aromatic nitrogens is 2. The van der Waals surface area contributed by atoms with Crippen molar-refractivity contribution in [2.75, 3.05) is 19.6 Å². The van der Waals surface area contributed by atoms with Crippen LogP contribution in [0.4, 0.5) is 0 Å². The Labute approximate surface area is 122 Å². The van der Waals surface area contributed by atoms with E-state index in [1.165, 1.54) is 50.9 Å². The molecule has 3 rings (SSSR count). The molecule has 1 aromatic rings. The average molecular weight is 276 g/mol. The highest BCUT2D eigenvalue weighted by Crippen LogP contribution is 2.35. The van der Waals surface area contributed by atoms with Gasteiger partial charge in [-0.15, -0.1) is 0 Å².